The number of nitrogens with one attached hydrogen (secondary N) is 1. The van der Waals surface area contributed by atoms with Crippen LogP contribution in [-0.2, 0) is 6.54 Å². The van der Waals surface area contributed by atoms with Crippen molar-refractivity contribution in [2.45, 2.75) is 26.3 Å². The first-order valence-corrected chi connectivity index (χ1v) is 7.87. The number of carbonyl (C=O) groups is 1. The molecule has 7 heteroatoms. The van der Waals surface area contributed by atoms with Gasteiger partial charge in [0.2, 0.25) is 0 Å². The van der Waals surface area contributed by atoms with Gasteiger partial charge in [0.15, 0.2) is 0 Å². The molecule has 0 spiro atoms. The van der Waals surface area contributed by atoms with Crippen LogP contribution >= 0.6 is 11.3 Å². The van der Waals surface area contributed by atoms with Crippen LogP contribution < -0.4 is 10.2 Å². The zero-order chi connectivity index (χ0) is 14.7. The highest BCUT2D eigenvalue weighted by Gasteiger charge is 2.15. The third-order valence-corrected chi connectivity index (χ3v) is 4.41. The van der Waals surface area contributed by atoms with E-state index >= 15 is 0 Å². The molecule has 0 atom stereocenters. The number of thiazole rings is 1. The number of carbonyl (C=O) groups excluding carboxylic acids is 1. The summed E-state index contributed by atoms with van der Waals surface area (Å²) in [6.45, 7) is 4.25. The zero-order valence-electron chi connectivity index (χ0n) is 11.9. The van der Waals surface area contributed by atoms with Crippen molar-refractivity contribution in [2.75, 3.05) is 18.0 Å². The second-order valence-electron chi connectivity index (χ2n) is 4.97. The molecule has 1 saturated heterocycles. The van der Waals surface area contributed by atoms with Crippen molar-refractivity contribution in [1.82, 2.24) is 20.3 Å². The maximum atomic E-state index is 12.0. The maximum Gasteiger partial charge on any atom is 0.263 e. The van der Waals surface area contributed by atoms with Gasteiger partial charge in [-0.25, -0.2) is 15.0 Å². The second kappa shape index (κ2) is 6.17. The van der Waals surface area contributed by atoms with E-state index in [1.54, 1.807) is 11.7 Å². The van der Waals surface area contributed by atoms with Crippen molar-refractivity contribution in [2.24, 2.45) is 0 Å². The molecule has 110 valence electrons. The fourth-order valence-corrected chi connectivity index (χ4v) is 3.07. The summed E-state index contributed by atoms with van der Waals surface area (Å²) in [5, 5.41) is 2.85. The van der Waals surface area contributed by atoms with Gasteiger partial charge < -0.3 is 10.2 Å². The molecule has 0 aliphatic carbocycles. The Morgan fingerprint density at radius 3 is 2.90 bits per heavy atom. The first kappa shape index (κ1) is 13.9. The van der Waals surface area contributed by atoms with E-state index in [0.29, 0.717) is 17.2 Å². The number of hydrogen-bond acceptors (Lipinski definition) is 6. The lowest BCUT2D eigenvalue weighted by atomic mass is 10.3. The Balaban J connectivity index is 1.64. The van der Waals surface area contributed by atoms with Crippen LogP contribution in [0, 0.1) is 6.92 Å². The molecule has 1 aliphatic rings. The van der Waals surface area contributed by atoms with Gasteiger partial charge >= 0.3 is 0 Å². The average Bonchev–Trinajstić information content (AvgIpc) is 3.16. The Labute approximate surface area is 127 Å². The number of aromatic nitrogens is 3. The molecule has 1 fully saturated rings. The van der Waals surface area contributed by atoms with Gasteiger partial charge in [0.05, 0.1) is 17.7 Å². The Hall–Kier alpha value is -2.02. The smallest absolute Gasteiger partial charge is 0.263 e. The van der Waals surface area contributed by atoms with Crippen molar-refractivity contribution in [1.29, 1.82) is 0 Å². The van der Waals surface area contributed by atoms with E-state index in [-0.39, 0.29) is 5.91 Å². The number of rotatable bonds is 4. The molecule has 3 rings (SSSR count). The first-order valence-electron chi connectivity index (χ1n) is 6.99. The molecular formula is C14H17N5OS. The van der Waals surface area contributed by atoms with Crippen molar-refractivity contribution in [3.63, 3.8) is 0 Å². The normalized spacial score (nSPS) is 14.4. The molecule has 21 heavy (non-hydrogen) atoms. The molecule has 1 aliphatic heterocycles. The van der Waals surface area contributed by atoms with E-state index in [1.165, 1.54) is 24.2 Å². The molecule has 0 saturated carbocycles. The summed E-state index contributed by atoms with van der Waals surface area (Å²) >= 11 is 1.34. The Bertz CT molecular complexity index is 636. The summed E-state index contributed by atoms with van der Waals surface area (Å²) in [5.41, 5.74) is 2.43. The van der Waals surface area contributed by atoms with Gasteiger partial charge in [-0.3, -0.25) is 4.79 Å². The fourth-order valence-electron chi connectivity index (χ4n) is 2.36. The molecule has 0 aromatic carbocycles. The van der Waals surface area contributed by atoms with E-state index in [9.17, 15) is 4.79 Å². The highest BCUT2D eigenvalue weighted by atomic mass is 32.1. The monoisotopic (exact) mass is 303 g/mol. The minimum absolute atomic E-state index is 0.120. The van der Waals surface area contributed by atoms with Gasteiger partial charge in [-0.2, -0.15) is 0 Å². The van der Waals surface area contributed by atoms with Crippen LogP contribution in [0.1, 0.15) is 34.0 Å². The molecule has 0 unspecified atom stereocenters. The standard InChI is InChI=1S/C14H17N5OS/c1-10-13(21-9-17-10)14(20)16-8-11-15-5-4-12(18-11)19-6-2-3-7-19/h4-5,9H,2-3,6-8H2,1H3,(H,16,20). The minimum atomic E-state index is -0.120. The van der Waals surface area contributed by atoms with Crippen LogP contribution in [0.3, 0.4) is 0 Å². The van der Waals surface area contributed by atoms with Gasteiger partial charge in [-0.15, -0.1) is 11.3 Å². The summed E-state index contributed by atoms with van der Waals surface area (Å²) in [4.78, 5) is 27.7. The van der Waals surface area contributed by atoms with Crippen LogP contribution in [0.5, 0.6) is 0 Å². The highest BCUT2D eigenvalue weighted by molar-refractivity contribution is 7.11. The predicted octanol–water partition coefficient (Wildman–Crippen LogP) is 1.77. The summed E-state index contributed by atoms with van der Waals surface area (Å²) in [6.07, 6.45) is 4.17. The molecular weight excluding hydrogens is 286 g/mol. The molecule has 1 amide bonds. The van der Waals surface area contributed by atoms with E-state index in [2.05, 4.69) is 25.2 Å². The SMILES string of the molecule is Cc1ncsc1C(=O)NCc1nccc(N2CCCC2)n1. The fraction of sp³-hybridized carbons (Fsp3) is 0.429. The van der Waals surface area contributed by atoms with Crippen molar-refractivity contribution in [3.05, 3.63) is 34.2 Å². The molecule has 2 aromatic heterocycles. The quantitative estimate of drug-likeness (QED) is 0.932. The van der Waals surface area contributed by atoms with E-state index in [1.807, 2.05) is 13.0 Å². The van der Waals surface area contributed by atoms with Gasteiger partial charge in [-0.1, -0.05) is 0 Å². The number of amides is 1. The molecule has 2 aromatic rings. The largest absolute Gasteiger partial charge is 0.357 e. The maximum absolute atomic E-state index is 12.0. The third kappa shape index (κ3) is 3.18. The lowest BCUT2D eigenvalue weighted by Gasteiger charge is -2.16. The number of aryl methyl sites for hydroxylation is 1. The number of nitrogens with zero attached hydrogens (tertiary/aromatic N) is 4. The topological polar surface area (TPSA) is 71.0 Å². The van der Waals surface area contributed by atoms with Crippen molar-refractivity contribution >= 4 is 23.1 Å². The molecule has 0 radical (unpaired) electrons. The van der Waals surface area contributed by atoms with E-state index in [0.717, 1.165) is 24.6 Å². The molecule has 6 nitrogen and oxygen atoms in total. The molecule has 1 N–H and O–H groups in total. The average molecular weight is 303 g/mol. The lowest BCUT2D eigenvalue weighted by molar-refractivity contribution is 0.0953. The van der Waals surface area contributed by atoms with Gasteiger partial charge in [-0.05, 0) is 25.8 Å². The van der Waals surface area contributed by atoms with Crippen LogP contribution in [0.4, 0.5) is 5.82 Å². The Morgan fingerprint density at radius 2 is 2.19 bits per heavy atom. The molecule has 0 bridgehead atoms. The van der Waals surface area contributed by atoms with E-state index in [4.69, 9.17) is 0 Å². The van der Waals surface area contributed by atoms with Gasteiger partial charge in [0.1, 0.15) is 16.5 Å². The Kier molecular flexibility index (Phi) is 4.10. The summed E-state index contributed by atoms with van der Waals surface area (Å²) < 4.78 is 0. The number of anilines is 1. The van der Waals surface area contributed by atoms with Crippen molar-refractivity contribution in [3.8, 4) is 0 Å². The second-order valence-corrected chi connectivity index (χ2v) is 5.83. The van der Waals surface area contributed by atoms with Crippen LogP contribution in [0.15, 0.2) is 17.8 Å². The minimum Gasteiger partial charge on any atom is -0.357 e. The summed E-state index contributed by atoms with van der Waals surface area (Å²) in [7, 11) is 0. The molecule has 3 heterocycles. The van der Waals surface area contributed by atoms with Gasteiger partial charge in [0.25, 0.3) is 5.91 Å². The van der Waals surface area contributed by atoms with E-state index < -0.39 is 0 Å². The highest BCUT2D eigenvalue weighted by Crippen LogP contribution is 2.17. The van der Waals surface area contributed by atoms with Crippen LogP contribution in [-0.4, -0.2) is 33.9 Å². The van der Waals surface area contributed by atoms with Crippen molar-refractivity contribution < 1.29 is 4.79 Å². The third-order valence-electron chi connectivity index (χ3n) is 3.48. The first-order chi connectivity index (χ1) is 10.2. The Morgan fingerprint density at radius 1 is 1.38 bits per heavy atom. The van der Waals surface area contributed by atoms with Gasteiger partial charge in [0, 0.05) is 19.3 Å². The van der Waals surface area contributed by atoms with Crippen LogP contribution in [0.25, 0.3) is 0 Å². The summed E-state index contributed by atoms with van der Waals surface area (Å²) in [5.74, 6) is 1.46. The lowest BCUT2D eigenvalue weighted by Crippen LogP contribution is -2.25. The summed E-state index contributed by atoms with van der Waals surface area (Å²) in [6, 6.07) is 1.92. The number of hydrogen-bond donors (Lipinski definition) is 1. The predicted molar refractivity (Wildman–Crippen MR) is 81.5 cm³/mol. The zero-order valence-corrected chi connectivity index (χ0v) is 12.7. The van der Waals surface area contributed by atoms with Crippen LogP contribution in [0.2, 0.25) is 0 Å².